The first kappa shape index (κ1) is 17.3. The summed E-state index contributed by atoms with van der Waals surface area (Å²) in [5.41, 5.74) is 1.35. The summed E-state index contributed by atoms with van der Waals surface area (Å²) in [6, 6.07) is 10.7. The first-order valence-corrected chi connectivity index (χ1v) is 7.97. The second-order valence-corrected chi connectivity index (χ2v) is 6.23. The number of benzene rings is 2. The van der Waals surface area contributed by atoms with E-state index in [2.05, 4.69) is 10.3 Å². The zero-order valence-corrected chi connectivity index (χ0v) is 14.5. The Morgan fingerprint density at radius 2 is 1.84 bits per heavy atom. The number of nitrogens with one attached hydrogen (secondary N) is 2. The number of halogens is 2. The Bertz CT molecular complexity index is 982. The molecule has 0 unspecified atom stereocenters. The van der Waals surface area contributed by atoms with Crippen LogP contribution >= 0.6 is 23.2 Å². The second kappa shape index (κ2) is 6.76. The summed E-state index contributed by atoms with van der Waals surface area (Å²) in [5.74, 6) is -0.356. The number of aromatic nitrogens is 1. The number of nitrogens with zero attached hydrogens (tertiary/aromatic N) is 1. The molecule has 128 valence electrons. The van der Waals surface area contributed by atoms with Crippen molar-refractivity contribution >= 4 is 51.6 Å². The van der Waals surface area contributed by atoms with E-state index in [0.29, 0.717) is 31.6 Å². The lowest BCUT2D eigenvalue weighted by Gasteiger charge is -2.11. The average Bonchev–Trinajstić information content (AvgIpc) is 2.91. The monoisotopic (exact) mass is 377 g/mol. The third kappa shape index (κ3) is 3.46. The molecule has 25 heavy (non-hydrogen) atoms. The number of hydrogen-bond donors (Lipinski definition) is 3. The van der Waals surface area contributed by atoms with Crippen LogP contribution in [0.3, 0.4) is 0 Å². The fraction of sp³-hybridized carbons (Fsp3) is 0.0588. The number of carbonyl (C=O) groups is 2. The highest BCUT2D eigenvalue weighted by Crippen LogP contribution is 2.31. The molecule has 0 saturated heterocycles. The molecule has 0 aliphatic rings. The highest BCUT2D eigenvalue weighted by Gasteiger charge is 2.22. The Hall–Kier alpha value is -2.54. The molecule has 0 aliphatic carbocycles. The first-order valence-electron chi connectivity index (χ1n) is 7.22. The van der Waals surface area contributed by atoms with Crippen molar-refractivity contribution < 1.29 is 14.8 Å². The van der Waals surface area contributed by atoms with E-state index in [9.17, 15) is 14.8 Å². The van der Waals surface area contributed by atoms with E-state index >= 15 is 0 Å². The summed E-state index contributed by atoms with van der Waals surface area (Å²) in [5, 5.41) is 13.7. The number of hydroxylamine groups is 2. The number of H-pyrrole nitrogens is 1. The van der Waals surface area contributed by atoms with Gasteiger partial charge in [-0.3, -0.25) is 10.0 Å². The van der Waals surface area contributed by atoms with E-state index in [1.807, 2.05) is 0 Å². The molecule has 0 saturated carbocycles. The fourth-order valence-electron chi connectivity index (χ4n) is 2.43. The highest BCUT2D eigenvalue weighted by molar-refractivity contribution is 6.32. The molecule has 0 atom stereocenters. The zero-order valence-electron chi connectivity index (χ0n) is 13.0. The van der Waals surface area contributed by atoms with Gasteiger partial charge in [-0.2, -0.15) is 0 Å². The van der Waals surface area contributed by atoms with Gasteiger partial charge in [0.15, 0.2) is 0 Å². The van der Waals surface area contributed by atoms with Crippen LogP contribution in [0.1, 0.15) is 16.1 Å². The molecule has 1 heterocycles. The van der Waals surface area contributed by atoms with Crippen LogP contribution in [0.5, 0.6) is 0 Å². The Balaban J connectivity index is 2.15. The van der Waals surface area contributed by atoms with Gasteiger partial charge in [-0.1, -0.05) is 35.3 Å². The van der Waals surface area contributed by atoms with Crippen molar-refractivity contribution in [3.05, 3.63) is 63.8 Å². The molecular formula is C17H13Cl2N3O3. The number of anilines is 1. The number of hydrogen-bond acceptors (Lipinski definition) is 3. The Kier molecular flexibility index (Phi) is 4.67. The molecule has 3 aromatic rings. The molecule has 2 aromatic carbocycles. The third-order valence-corrected chi connectivity index (χ3v) is 4.07. The second-order valence-electron chi connectivity index (χ2n) is 5.36. The van der Waals surface area contributed by atoms with Gasteiger partial charge >= 0.3 is 6.03 Å². The predicted octanol–water partition coefficient (Wildman–Crippen LogP) is 4.56. The van der Waals surface area contributed by atoms with Crippen molar-refractivity contribution in [2.24, 2.45) is 0 Å². The maximum atomic E-state index is 12.9. The van der Waals surface area contributed by atoms with E-state index < -0.39 is 6.03 Å². The summed E-state index contributed by atoms with van der Waals surface area (Å²) < 4.78 is 0. The van der Waals surface area contributed by atoms with Crippen LogP contribution in [0, 0.1) is 0 Å². The Morgan fingerprint density at radius 3 is 2.52 bits per heavy atom. The van der Waals surface area contributed by atoms with Crippen LogP contribution in [0.15, 0.2) is 42.5 Å². The maximum absolute atomic E-state index is 12.9. The minimum atomic E-state index is -0.781. The number of urea groups is 1. The smallest absolute Gasteiger partial charge is 0.345 e. The molecule has 0 radical (unpaired) electrons. The molecule has 0 spiro atoms. The molecule has 3 rings (SSSR count). The van der Waals surface area contributed by atoms with Crippen LogP contribution in [0.2, 0.25) is 10.0 Å². The largest absolute Gasteiger partial charge is 0.350 e. The van der Waals surface area contributed by atoms with Gasteiger partial charge in [0.25, 0.3) is 0 Å². The lowest BCUT2D eigenvalue weighted by Crippen LogP contribution is -2.28. The molecule has 0 aliphatic heterocycles. The summed E-state index contributed by atoms with van der Waals surface area (Å²) in [4.78, 5) is 27.7. The molecule has 2 amide bonds. The maximum Gasteiger partial charge on any atom is 0.345 e. The van der Waals surface area contributed by atoms with Crippen molar-refractivity contribution in [1.82, 2.24) is 10.0 Å². The summed E-state index contributed by atoms with van der Waals surface area (Å²) >= 11 is 11.9. The van der Waals surface area contributed by atoms with Crippen LogP contribution in [0.4, 0.5) is 10.5 Å². The SMILES string of the molecule is CN(O)C(=O)Nc1c(C(=O)c2cccc(Cl)c2)[nH]c2cc(Cl)ccc12. The summed E-state index contributed by atoms with van der Waals surface area (Å²) in [7, 11) is 1.18. The van der Waals surface area contributed by atoms with Crippen LogP contribution in [-0.2, 0) is 0 Å². The molecule has 6 nitrogen and oxygen atoms in total. The van der Waals surface area contributed by atoms with Crippen LogP contribution in [0.25, 0.3) is 10.9 Å². The fourth-order valence-corrected chi connectivity index (χ4v) is 2.79. The quantitative estimate of drug-likeness (QED) is 0.355. The topological polar surface area (TPSA) is 85.4 Å². The minimum Gasteiger partial charge on any atom is -0.350 e. The molecule has 0 bridgehead atoms. The number of rotatable bonds is 3. The van der Waals surface area contributed by atoms with Gasteiger partial charge in [-0.05, 0) is 30.3 Å². The minimum absolute atomic E-state index is 0.162. The summed E-state index contributed by atoms with van der Waals surface area (Å²) in [6.07, 6.45) is 0. The molecule has 0 fully saturated rings. The predicted molar refractivity (Wildman–Crippen MR) is 96.8 cm³/mol. The van der Waals surface area contributed by atoms with E-state index in [4.69, 9.17) is 23.2 Å². The number of carbonyl (C=O) groups excluding carboxylic acids is 2. The lowest BCUT2D eigenvalue weighted by molar-refractivity contribution is -0.0118. The standard InChI is InChI=1S/C17H13Cl2N3O3/c1-22(25)17(24)21-14-12-6-5-11(19)8-13(12)20-15(14)16(23)9-3-2-4-10(18)7-9/h2-8,20,25H,1H3,(H,21,24). The highest BCUT2D eigenvalue weighted by atomic mass is 35.5. The molecular weight excluding hydrogens is 365 g/mol. The van der Waals surface area contributed by atoms with Gasteiger partial charge in [0, 0.05) is 33.6 Å². The van der Waals surface area contributed by atoms with E-state index in [0.717, 1.165) is 0 Å². The van der Waals surface area contributed by atoms with Crippen LogP contribution in [-0.4, -0.2) is 34.1 Å². The van der Waals surface area contributed by atoms with Gasteiger partial charge in [0.05, 0.1) is 5.69 Å². The summed E-state index contributed by atoms with van der Waals surface area (Å²) in [6.45, 7) is 0. The van der Waals surface area contributed by atoms with Crippen molar-refractivity contribution in [2.75, 3.05) is 12.4 Å². The Morgan fingerprint density at radius 1 is 1.12 bits per heavy atom. The van der Waals surface area contributed by atoms with Gasteiger partial charge in [0.2, 0.25) is 5.78 Å². The van der Waals surface area contributed by atoms with Gasteiger partial charge in [-0.15, -0.1) is 0 Å². The number of amides is 2. The van der Waals surface area contributed by atoms with Crippen molar-refractivity contribution in [3.8, 4) is 0 Å². The van der Waals surface area contributed by atoms with Gasteiger partial charge in [0.1, 0.15) is 5.69 Å². The van der Waals surface area contributed by atoms with Gasteiger partial charge < -0.3 is 10.3 Å². The number of aromatic amines is 1. The van der Waals surface area contributed by atoms with E-state index in [1.54, 1.807) is 36.4 Å². The third-order valence-electron chi connectivity index (χ3n) is 3.60. The lowest BCUT2D eigenvalue weighted by atomic mass is 10.1. The zero-order chi connectivity index (χ0) is 18.1. The normalized spacial score (nSPS) is 10.7. The van der Waals surface area contributed by atoms with E-state index in [-0.39, 0.29) is 17.2 Å². The number of fused-ring (bicyclic) bond motifs is 1. The van der Waals surface area contributed by atoms with Crippen molar-refractivity contribution in [1.29, 1.82) is 0 Å². The first-order chi connectivity index (χ1) is 11.9. The van der Waals surface area contributed by atoms with Gasteiger partial charge in [-0.25, -0.2) is 9.86 Å². The average molecular weight is 378 g/mol. The van der Waals surface area contributed by atoms with Crippen molar-refractivity contribution in [3.63, 3.8) is 0 Å². The molecule has 3 N–H and O–H groups in total. The molecule has 1 aromatic heterocycles. The molecule has 8 heteroatoms. The van der Waals surface area contributed by atoms with Crippen LogP contribution < -0.4 is 5.32 Å². The number of ketones is 1. The Labute approximate surface area is 152 Å². The van der Waals surface area contributed by atoms with Crippen molar-refractivity contribution in [2.45, 2.75) is 0 Å². The van der Waals surface area contributed by atoms with E-state index in [1.165, 1.54) is 13.1 Å².